The van der Waals surface area contributed by atoms with E-state index in [1.54, 1.807) is 25.1 Å². The van der Waals surface area contributed by atoms with Gasteiger partial charge in [-0.25, -0.2) is 17.5 Å². The molecule has 0 unspecified atom stereocenters. The predicted octanol–water partition coefficient (Wildman–Crippen LogP) is 3.54. The molecule has 2 aromatic rings. The van der Waals surface area contributed by atoms with Crippen LogP contribution in [0.3, 0.4) is 0 Å². The first kappa shape index (κ1) is 18.5. The van der Waals surface area contributed by atoms with Crippen LogP contribution in [-0.2, 0) is 10.0 Å². The maximum absolute atomic E-state index is 13.2. The summed E-state index contributed by atoms with van der Waals surface area (Å²) in [5, 5.41) is -0.260. The van der Waals surface area contributed by atoms with Crippen molar-refractivity contribution >= 4 is 21.6 Å². The lowest BCUT2D eigenvalue weighted by atomic mass is 10.1. The quantitative estimate of drug-likeness (QED) is 0.841. The number of benzene rings is 2. The maximum atomic E-state index is 13.2. The first-order valence-corrected chi connectivity index (χ1v) is 8.84. The second kappa shape index (κ2) is 7.38. The molecule has 0 bridgehead atoms. The number of hydrogen-bond acceptors (Lipinski definition) is 4. The monoisotopic (exact) mass is 373 g/mol. The molecule has 0 spiro atoms. The van der Waals surface area contributed by atoms with E-state index < -0.39 is 21.9 Å². The molecule has 0 saturated heterocycles. The SMILES string of the molecule is COc1ccc(OC)c([C@@H](C)NS(=O)(=O)c2ccc(F)c(Cl)c2)c1. The number of methoxy groups -OCH3 is 2. The van der Waals surface area contributed by atoms with Crippen LogP contribution < -0.4 is 14.2 Å². The second-order valence-electron chi connectivity index (χ2n) is 5.03. The van der Waals surface area contributed by atoms with Gasteiger partial charge >= 0.3 is 0 Å². The van der Waals surface area contributed by atoms with Crippen molar-refractivity contribution in [1.29, 1.82) is 0 Å². The van der Waals surface area contributed by atoms with Gasteiger partial charge in [-0.15, -0.1) is 0 Å². The van der Waals surface area contributed by atoms with Crippen molar-refractivity contribution in [2.45, 2.75) is 17.9 Å². The summed E-state index contributed by atoms with van der Waals surface area (Å²) < 4.78 is 51.1. The normalized spacial score (nSPS) is 12.7. The minimum atomic E-state index is -3.89. The molecule has 0 radical (unpaired) electrons. The Kier molecular flexibility index (Phi) is 5.69. The van der Waals surface area contributed by atoms with Gasteiger partial charge in [-0.2, -0.15) is 0 Å². The Labute approximate surface area is 145 Å². The van der Waals surface area contributed by atoms with Gasteiger partial charge in [0.25, 0.3) is 0 Å². The molecule has 0 aromatic heterocycles. The van der Waals surface area contributed by atoms with E-state index in [1.165, 1.54) is 14.2 Å². The fourth-order valence-electron chi connectivity index (χ4n) is 2.19. The summed E-state index contributed by atoms with van der Waals surface area (Å²) in [6.45, 7) is 1.67. The average molecular weight is 374 g/mol. The first-order valence-electron chi connectivity index (χ1n) is 6.98. The summed E-state index contributed by atoms with van der Waals surface area (Å²) in [6.07, 6.45) is 0. The van der Waals surface area contributed by atoms with E-state index in [-0.39, 0.29) is 9.92 Å². The third kappa shape index (κ3) is 3.98. The molecular formula is C16H17ClFNO4S. The third-order valence-electron chi connectivity index (χ3n) is 3.44. The number of rotatable bonds is 6. The van der Waals surface area contributed by atoms with Crippen molar-refractivity contribution < 1.29 is 22.3 Å². The molecule has 0 aliphatic rings. The fourth-order valence-corrected chi connectivity index (χ4v) is 3.68. The van der Waals surface area contributed by atoms with Crippen LogP contribution in [0.4, 0.5) is 4.39 Å². The maximum Gasteiger partial charge on any atom is 0.241 e. The van der Waals surface area contributed by atoms with Gasteiger partial charge in [0, 0.05) is 11.6 Å². The molecule has 1 N–H and O–H groups in total. The first-order chi connectivity index (χ1) is 11.3. The van der Waals surface area contributed by atoms with E-state index >= 15 is 0 Å². The molecule has 0 aliphatic heterocycles. The van der Waals surface area contributed by atoms with Crippen LogP contribution in [0, 0.1) is 5.82 Å². The topological polar surface area (TPSA) is 64.6 Å². The summed E-state index contributed by atoms with van der Waals surface area (Å²) in [4.78, 5) is -0.123. The minimum absolute atomic E-state index is 0.123. The third-order valence-corrected chi connectivity index (χ3v) is 5.26. The van der Waals surface area contributed by atoms with Gasteiger partial charge in [-0.1, -0.05) is 11.6 Å². The Hall–Kier alpha value is -1.83. The Morgan fingerprint density at radius 1 is 1.12 bits per heavy atom. The summed E-state index contributed by atoms with van der Waals surface area (Å²) >= 11 is 5.66. The highest BCUT2D eigenvalue weighted by Gasteiger charge is 2.22. The van der Waals surface area contributed by atoms with E-state index in [4.69, 9.17) is 21.1 Å². The summed E-state index contributed by atoms with van der Waals surface area (Å²) in [5.74, 6) is 0.406. The van der Waals surface area contributed by atoms with E-state index in [9.17, 15) is 12.8 Å². The predicted molar refractivity (Wildman–Crippen MR) is 89.7 cm³/mol. The molecule has 2 aromatic carbocycles. The lowest BCUT2D eigenvalue weighted by molar-refractivity contribution is 0.395. The highest BCUT2D eigenvalue weighted by Crippen LogP contribution is 2.30. The van der Waals surface area contributed by atoms with Crippen LogP contribution in [0.5, 0.6) is 11.5 Å². The number of ether oxygens (including phenoxy) is 2. The smallest absolute Gasteiger partial charge is 0.241 e. The Balaban J connectivity index is 2.34. The molecule has 1 atom stereocenters. The Morgan fingerprint density at radius 2 is 1.83 bits per heavy atom. The summed E-state index contributed by atoms with van der Waals surface area (Å²) in [6, 6.07) is 7.70. The average Bonchev–Trinajstić information content (AvgIpc) is 2.56. The van der Waals surface area contributed by atoms with Crippen LogP contribution in [0.2, 0.25) is 5.02 Å². The molecule has 0 amide bonds. The second-order valence-corrected chi connectivity index (χ2v) is 7.15. The van der Waals surface area contributed by atoms with E-state index in [1.807, 2.05) is 0 Å². The van der Waals surface area contributed by atoms with Crippen molar-refractivity contribution in [3.63, 3.8) is 0 Å². The van der Waals surface area contributed by atoms with Crippen molar-refractivity contribution in [3.8, 4) is 11.5 Å². The van der Waals surface area contributed by atoms with Gasteiger partial charge in [-0.05, 0) is 43.3 Å². The van der Waals surface area contributed by atoms with Gasteiger partial charge < -0.3 is 9.47 Å². The molecule has 0 heterocycles. The standard InChI is InChI=1S/C16H17ClFNO4S/c1-10(13-8-11(22-2)4-7-16(13)23-3)19-24(20,21)12-5-6-15(18)14(17)9-12/h4-10,19H,1-3H3/t10-/m1/s1. The van der Waals surface area contributed by atoms with Crippen molar-refractivity contribution in [2.24, 2.45) is 0 Å². The van der Waals surface area contributed by atoms with Gasteiger partial charge in [0.2, 0.25) is 10.0 Å². The summed E-state index contributed by atoms with van der Waals surface area (Å²) in [7, 11) is -0.882. The summed E-state index contributed by atoms with van der Waals surface area (Å²) in [5.41, 5.74) is 0.605. The largest absolute Gasteiger partial charge is 0.497 e. The molecule has 0 aliphatic carbocycles. The van der Waals surface area contributed by atoms with Crippen LogP contribution in [0.1, 0.15) is 18.5 Å². The number of nitrogens with one attached hydrogen (secondary N) is 1. The van der Waals surface area contributed by atoms with Crippen molar-refractivity contribution in [3.05, 3.63) is 52.8 Å². The number of sulfonamides is 1. The zero-order valence-electron chi connectivity index (χ0n) is 13.3. The van der Waals surface area contributed by atoms with Crippen LogP contribution in [0.15, 0.2) is 41.3 Å². The molecule has 0 fully saturated rings. The zero-order valence-corrected chi connectivity index (χ0v) is 14.9. The van der Waals surface area contributed by atoms with Gasteiger partial charge in [0.05, 0.1) is 24.1 Å². The zero-order chi connectivity index (χ0) is 17.9. The molecular weight excluding hydrogens is 357 g/mol. The number of halogens is 2. The molecule has 24 heavy (non-hydrogen) atoms. The highest BCUT2D eigenvalue weighted by molar-refractivity contribution is 7.89. The fraction of sp³-hybridized carbons (Fsp3) is 0.250. The van der Waals surface area contributed by atoms with Crippen LogP contribution in [-0.4, -0.2) is 22.6 Å². The Bertz CT molecular complexity index is 842. The van der Waals surface area contributed by atoms with Gasteiger partial charge in [0.15, 0.2) is 0 Å². The van der Waals surface area contributed by atoms with Crippen molar-refractivity contribution in [1.82, 2.24) is 4.72 Å². The van der Waals surface area contributed by atoms with Crippen molar-refractivity contribution in [2.75, 3.05) is 14.2 Å². The molecule has 130 valence electrons. The molecule has 8 heteroatoms. The lowest BCUT2D eigenvalue weighted by Gasteiger charge is -2.18. The molecule has 0 saturated carbocycles. The van der Waals surface area contributed by atoms with E-state index in [2.05, 4.69) is 4.72 Å². The van der Waals surface area contributed by atoms with Gasteiger partial charge in [0.1, 0.15) is 17.3 Å². The van der Waals surface area contributed by atoms with E-state index in [0.717, 1.165) is 18.2 Å². The van der Waals surface area contributed by atoms with Crippen LogP contribution in [0.25, 0.3) is 0 Å². The highest BCUT2D eigenvalue weighted by atomic mass is 35.5. The number of hydrogen-bond donors (Lipinski definition) is 1. The molecule has 2 rings (SSSR count). The lowest BCUT2D eigenvalue weighted by Crippen LogP contribution is -2.27. The minimum Gasteiger partial charge on any atom is -0.497 e. The van der Waals surface area contributed by atoms with Gasteiger partial charge in [-0.3, -0.25) is 0 Å². The molecule has 5 nitrogen and oxygen atoms in total. The van der Waals surface area contributed by atoms with E-state index in [0.29, 0.717) is 17.1 Å². The Morgan fingerprint density at radius 3 is 2.42 bits per heavy atom. The van der Waals surface area contributed by atoms with Crippen LogP contribution >= 0.6 is 11.6 Å².